The van der Waals surface area contributed by atoms with E-state index in [0.717, 1.165) is 12.8 Å². The normalized spacial score (nSPS) is 14.9. The molecule has 19 heavy (non-hydrogen) atoms. The van der Waals surface area contributed by atoms with Crippen LogP contribution in [0, 0.1) is 5.92 Å². The van der Waals surface area contributed by atoms with Crippen molar-refractivity contribution in [3.05, 3.63) is 18.2 Å². The quantitative estimate of drug-likeness (QED) is 0.697. The van der Waals surface area contributed by atoms with Crippen molar-refractivity contribution in [2.45, 2.75) is 44.6 Å². The molecule has 1 aromatic rings. The van der Waals surface area contributed by atoms with Gasteiger partial charge in [-0.3, -0.25) is 0 Å². The zero-order chi connectivity index (χ0) is 14.6. The molecule has 0 fully saturated rings. The van der Waals surface area contributed by atoms with Crippen LogP contribution in [-0.4, -0.2) is 14.5 Å². The molecule has 0 aliphatic heterocycles. The van der Waals surface area contributed by atoms with Gasteiger partial charge in [0.1, 0.15) is 0 Å². The van der Waals surface area contributed by atoms with Gasteiger partial charge in [0.15, 0.2) is 0 Å². The molecular weight excluding hydrogens is 262 g/mol. The molecule has 0 aliphatic carbocycles. The zero-order valence-corrected chi connectivity index (χ0v) is 12.5. The minimum absolute atomic E-state index is 0.0331. The van der Waals surface area contributed by atoms with E-state index in [0.29, 0.717) is 17.3 Å². The van der Waals surface area contributed by atoms with Crippen LogP contribution >= 0.6 is 0 Å². The highest BCUT2D eigenvalue weighted by Crippen LogP contribution is 2.21. The van der Waals surface area contributed by atoms with Crippen LogP contribution in [0.3, 0.4) is 0 Å². The summed E-state index contributed by atoms with van der Waals surface area (Å²) in [5, 5.41) is 8.38. The van der Waals surface area contributed by atoms with E-state index in [1.807, 2.05) is 0 Å². The first-order valence-corrected chi connectivity index (χ1v) is 7.97. The molecule has 1 rings (SSSR count). The Morgan fingerprint density at radius 1 is 1.26 bits per heavy atom. The first-order chi connectivity index (χ1) is 8.72. The predicted octanol–water partition coefficient (Wildman–Crippen LogP) is 2.15. The lowest BCUT2D eigenvalue weighted by atomic mass is 10.0. The van der Waals surface area contributed by atoms with Crippen molar-refractivity contribution in [3.8, 4) is 0 Å². The number of benzene rings is 1. The summed E-state index contributed by atoms with van der Waals surface area (Å²) in [4.78, 5) is 0.0331. The second kappa shape index (κ2) is 6.25. The van der Waals surface area contributed by atoms with Gasteiger partial charge < -0.3 is 11.1 Å². The Bertz CT molecular complexity index is 529. The summed E-state index contributed by atoms with van der Waals surface area (Å²) in [7, 11) is -3.73. The van der Waals surface area contributed by atoms with Gasteiger partial charge >= 0.3 is 0 Å². The third-order valence-corrected chi connectivity index (χ3v) is 4.02. The van der Waals surface area contributed by atoms with Crippen LogP contribution in [0.4, 0.5) is 11.4 Å². The van der Waals surface area contributed by atoms with Crippen LogP contribution in [0.15, 0.2) is 23.1 Å². The van der Waals surface area contributed by atoms with Crippen molar-refractivity contribution in [2.75, 3.05) is 11.1 Å². The lowest BCUT2D eigenvalue weighted by Gasteiger charge is -2.19. The molecule has 0 spiro atoms. The Kier molecular flexibility index (Phi) is 5.20. The van der Waals surface area contributed by atoms with E-state index in [9.17, 15) is 8.42 Å². The van der Waals surface area contributed by atoms with Gasteiger partial charge in [0.2, 0.25) is 10.0 Å². The highest BCUT2D eigenvalue weighted by molar-refractivity contribution is 7.89. The van der Waals surface area contributed by atoms with E-state index < -0.39 is 10.0 Å². The molecule has 0 heterocycles. The molecule has 0 aromatic heterocycles. The van der Waals surface area contributed by atoms with Crippen LogP contribution in [0.2, 0.25) is 0 Å². The van der Waals surface area contributed by atoms with Crippen molar-refractivity contribution in [1.29, 1.82) is 0 Å². The number of nitrogen functional groups attached to an aromatic ring is 1. The fourth-order valence-electron chi connectivity index (χ4n) is 1.98. The second-order valence-corrected chi connectivity index (χ2v) is 6.69. The lowest BCUT2D eigenvalue weighted by molar-refractivity contribution is 0.484. The summed E-state index contributed by atoms with van der Waals surface area (Å²) in [5.41, 5.74) is 6.76. The van der Waals surface area contributed by atoms with Gasteiger partial charge in [0, 0.05) is 17.4 Å². The van der Waals surface area contributed by atoms with E-state index in [1.165, 1.54) is 12.1 Å². The van der Waals surface area contributed by atoms with Crippen LogP contribution in [0.25, 0.3) is 0 Å². The van der Waals surface area contributed by atoms with Gasteiger partial charge in [0.25, 0.3) is 0 Å². The van der Waals surface area contributed by atoms with E-state index in [-0.39, 0.29) is 10.9 Å². The first kappa shape index (κ1) is 15.8. The van der Waals surface area contributed by atoms with Crippen molar-refractivity contribution in [1.82, 2.24) is 0 Å². The summed E-state index contributed by atoms with van der Waals surface area (Å²) in [5.74, 6) is 0.612. The minimum Gasteiger partial charge on any atom is -0.399 e. The molecular formula is C13H23N3O2S. The fourth-order valence-corrected chi connectivity index (χ4v) is 2.57. The number of primary sulfonamides is 1. The monoisotopic (exact) mass is 285 g/mol. The molecule has 5 N–H and O–H groups in total. The number of sulfonamides is 1. The molecule has 2 unspecified atom stereocenters. The molecule has 0 radical (unpaired) electrons. The Balaban J connectivity index is 2.87. The molecule has 108 valence electrons. The molecule has 0 saturated carbocycles. The smallest absolute Gasteiger partial charge is 0.238 e. The maximum atomic E-state index is 11.3. The number of rotatable bonds is 6. The number of hydrogen-bond acceptors (Lipinski definition) is 4. The van der Waals surface area contributed by atoms with Gasteiger partial charge in [-0.15, -0.1) is 0 Å². The van der Waals surface area contributed by atoms with Crippen molar-refractivity contribution in [3.63, 3.8) is 0 Å². The number of nitrogens with two attached hydrogens (primary N) is 2. The molecule has 0 saturated heterocycles. The average Bonchev–Trinajstić information content (AvgIpc) is 2.26. The molecule has 0 aliphatic rings. The molecule has 5 nitrogen and oxygen atoms in total. The van der Waals surface area contributed by atoms with Crippen LogP contribution in [0.5, 0.6) is 0 Å². The lowest BCUT2D eigenvalue weighted by Crippen LogP contribution is -2.19. The Labute approximate surface area is 115 Å². The maximum Gasteiger partial charge on any atom is 0.238 e. The van der Waals surface area contributed by atoms with Gasteiger partial charge in [-0.25, -0.2) is 13.6 Å². The average molecular weight is 285 g/mol. The highest BCUT2D eigenvalue weighted by Gasteiger charge is 2.12. The van der Waals surface area contributed by atoms with Gasteiger partial charge in [-0.1, -0.05) is 20.3 Å². The van der Waals surface area contributed by atoms with Crippen LogP contribution in [0.1, 0.15) is 33.6 Å². The number of nitrogens with one attached hydrogen (secondary N) is 1. The fraction of sp³-hybridized carbons (Fsp3) is 0.538. The molecule has 0 bridgehead atoms. The molecule has 1 aromatic carbocycles. The van der Waals surface area contributed by atoms with Gasteiger partial charge in [0.05, 0.1) is 4.90 Å². The van der Waals surface area contributed by atoms with Crippen LogP contribution in [-0.2, 0) is 10.0 Å². The Hall–Kier alpha value is -1.27. The summed E-state index contributed by atoms with van der Waals surface area (Å²) in [6.07, 6.45) is 2.13. The van der Waals surface area contributed by atoms with Crippen molar-refractivity contribution >= 4 is 21.4 Å². The standard InChI is InChI=1S/C13H23N3O2S/c1-4-9(2)5-10(3)16-12-6-11(14)7-13(8-12)19(15,17)18/h6-10,16H,4-5,14H2,1-3H3,(H2,15,17,18). The minimum atomic E-state index is -3.73. The maximum absolute atomic E-state index is 11.3. The number of anilines is 2. The Morgan fingerprint density at radius 3 is 2.42 bits per heavy atom. The summed E-state index contributed by atoms with van der Waals surface area (Å²) < 4.78 is 22.7. The van der Waals surface area contributed by atoms with Crippen LogP contribution < -0.4 is 16.2 Å². The van der Waals surface area contributed by atoms with Gasteiger partial charge in [-0.2, -0.15) is 0 Å². The van der Waals surface area contributed by atoms with E-state index in [4.69, 9.17) is 10.9 Å². The molecule has 0 amide bonds. The van der Waals surface area contributed by atoms with E-state index in [2.05, 4.69) is 26.1 Å². The third kappa shape index (κ3) is 5.08. The SMILES string of the molecule is CCC(C)CC(C)Nc1cc(N)cc(S(N)(=O)=O)c1. The predicted molar refractivity (Wildman–Crippen MR) is 79.4 cm³/mol. The van der Waals surface area contributed by atoms with E-state index >= 15 is 0 Å². The molecule has 2 atom stereocenters. The summed E-state index contributed by atoms with van der Waals surface area (Å²) >= 11 is 0. The summed E-state index contributed by atoms with van der Waals surface area (Å²) in [6, 6.07) is 4.82. The first-order valence-electron chi connectivity index (χ1n) is 6.42. The largest absolute Gasteiger partial charge is 0.399 e. The molecule has 6 heteroatoms. The van der Waals surface area contributed by atoms with Gasteiger partial charge in [-0.05, 0) is 37.5 Å². The highest BCUT2D eigenvalue weighted by atomic mass is 32.2. The summed E-state index contributed by atoms with van der Waals surface area (Å²) in [6.45, 7) is 6.40. The number of hydrogen-bond donors (Lipinski definition) is 3. The Morgan fingerprint density at radius 2 is 1.89 bits per heavy atom. The van der Waals surface area contributed by atoms with Crippen molar-refractivity contribution < 1.29 is 8.42 Å². The van der Waals surface area contributed by atoms with E-state index in [1.54, 1.807) is 6.07 Å². The third-order valence-electron chi connectivity index (χ3n) is 3.12. The topological polar surface area (TPSA) is 98.2 Å². The van der Waals surface area contributed by atoms with Crippen molar-refractivity contribution in [2.24, 2.45) is 11.1 Å². The zero-order valence-electron chi connectivity index (χ0n) is 11.7. The second-order valence-electron chi connectivity index (χ2n) is 5.13.